The van der Waals surface area contributed by atoms with Crippen LogP contribution in [0.4, 0.5) is 0 Å². The lowest BCUT2D eigenvalue weighted by molar-refractivity contribution is 1.22. The molecule has 0 aliphatic rings. The minimum atomic E-state index is 0.932. The van der Waals surface area contributed by atoms with E-state index < -0.39 is 0 Å². The van der Waals surface area contributed by atoms with Crippen molar-refractivity contribution in [1.29, 1.82) is 0 Å². The first kappa shape index (κ1) is 17.9. The topological polar surface area (TPSA) is 12.4 Å². The maximum absolute atomic E-state index is 4.18. The van der Waals surface area contributed by atoms with E-state index in [4.69, 9.17) is 0 Å². The zero-order chi connectivity index (χ0) is 16.4. The highest BCUT2D eigenvalue weighted by Crippen LogP contribution is 2.16. The van der Waals surface area contributed by atoms with Crippen LogP contribution in [0.5, 0.6) is 0 Å². The van der Waals surface area contributed by atoms with E-state index in [9.17, 15) is 0 Å². The fourth-order valence-corrected chi connectivity index (χ4v) is 2.19. The molecule has 0 atom stereocenters. The number of hydrogen-bond acceptors (Lipinski definition) is 1. The molecular weight excluding hydrogens is 266 g/mol. The van der Waals surface area contributed by atoms with Gasteiger partial charge in [0.2, 0.25) is 0 Å². The Kier molecular flexibility index (Phi) is 7.91. The highest BCUT2D eigenvalue weighted by molar-refractivity contribution is 6.09. The summed E-state index contributed by atoms with van der Waals surface area (Å²) >= 11 is 0. The number of hydrogen-bond donors (Lipinski definition) is 0. The van der Waals surface area contributed by atoms with Crippen LogP contribution in [-0.2, 0) is 6.42 Å². The van der Waals surface area contributed by atoms with Gasteiger partial charge in [-0.2, -0.15) is 0 Å². The molecule has 0 spiro atoms. The second-order valence-corrected chi connectivity index (χ2v) is 5.04. The van der Waals surface area contributed by atoms with Gasteiger partial charge in [0.25, 0.3) is 0 Å². The molecule has 2 aromatic carbocycles. The summed E-state index contributed by atoms with van der Waals surface area (Å²) in [6.07, 6.45) is 5.12. The molecule has 0 radical (unpaired) electrons. The lowest BCUT2D eigenvalue weighted by atomic mass is 10.0. The maximum atomic E-state index is 4.18. The molecule has 0 saturated heterocycles. The third-order valence-corrected chi connectivity index (χ3v) is 3.46. The van der Waals surface area contributed by atoms with Gasteiger partial charge >= 0.3 is 0 Å². The van der Waals surface area contributed by atoms with E-state index in [1.54, 1.807) is 0 Å². The number of nitrogens with zero attached hydrogens (tertiary/aromatic N) is 1. The van der Waals surface area contributed by atoms with Gasteiger partial charge < -0.3 is 0 Å². The molecule has 1 heteroatoms. The van der Waals surface area contributed by atoms with Crippen molar-refractivity contribution in [2.75, 3.05) is 7.05 Å². The minimum Gasteiger partial charge on any atom is -0.296 e. The smallest absolute Gasteiger partial charge is 0.0284 e. The van der Waals surface area contributed by atoms with E-state index >= 15 is 0 Å². The lowest BCUT2D eigenvalue weighted by Crippen LogP contribution is -1.91. The second kappa shape index (κ2) is 9.73. The van der Waals surface area contributed by atoms with E-state index in [0.717, 1.165) is 6.42 Å². The molecule has 0 saturated carbocycles. The Morgan fingerprint density at radius 2 is 1.59 bits per heavy atom. The fraction of sp³-hybridized carbons (Fsp3) is 0.286. The highest BCUT2D eigenvalue weighted by Gasteiger charge is 2.00. The van der Waals surface area contributed by atoms with E-state index in [2.05, 4.69) is 73.4 Å². The second-order valence-electron chi connectivity index (χ2n) is 5.04. The van der Waals surface area contributed by atoms with E-state index in [1.807, 2.05) is 27.1 Å². The van der Waals surface area contributed by atoms with E-state index in [0.29, 0.717) is 0 Å². The third-order valence-electron chi connectivity index (χ3n) is 3.46. The first-order chi connectivity index (χ1) is 10.7. The van der Waals surface area contributed by atoms with Crippen molar-refractivity contribution in [2.24, 2.45) is 4.99 Å². The van der Waals surface area contributed by atoms with Gasteiger partial charge in [0.15, 0.2) is 0 Å². The van der Waals surface area contributed by atoms with Crippen LogP contribution in [0.25, 0.3) is 5.57 Å². The van der Waals surface area contributed by atoms with Crippen LogP contribution in [0.15, 0.2) is 59.6 Å². The van der Waals surface area contributed by atoms with Gasteiger partial charge in [-0.15, -0.1) is 0 Å². The summed E-state index contributed by atoms with van der Waals surface area (Å²) in [4.78, 5) is 4.18. The largest absolute Gasteiger partial charge is 0.296 e. The van der Waals surface area contributed by atoms with Crippen LogP contribution in [0, 0.1) is 13.8 Å². The summed E-state index contributed by atoms with van der Waals surface area (Å²) in [7, 11) is 1.82. The maximum Gasteiger partial charge on any atom is 0.0284 e. The number of allylic oxidation sites excluding steroid dienone is 2. The first-order valence-electron chi connectivity index (χ1n) is 7.94. The molecule has 1 nitrogen and oxygen atoms in total. The van der Waals surface area contributed by atoms with Crippen molar-refractivity contribution >= 4 is 11.8 Å². The summed E-state index contributed by atoms with van der Waals surface area (Å²) in [6, 6.07) is 17.1. The van der Waals surface area contributed by atoms with Gasteiger partial charge in [0, 0.05) is 13.3 Å². The molecular formula is C21H27N. The highest BCUT2D eigenvalue weighted by atomic mass is 14.6. The standard InChI is InChI=1S/C19H21N.C2H6/c1-15-8-10-18(11-9-15)19(14-20-3)13-12-17-7-5-4-6-16(17)2;1-2/h4-11,13-14H,12H2,1-3H3;1-2H3/b19-13+,20-14?;. The fourth-order valence-electron chi connectivity index (χ4n) is 2.19. The molecule has 0 aliphatic carbocycles. The van der Waals surface area contributed by atoms with Gasteiger partial charge in [0.1, 0.15) is 0 Å². The summed E-state index contributed by atoms with van der Waals surface area (Å²) < 4.78 is 0. The summed E-state index contributed by atoms with van der Waals surface area (Å²) in [5.41, 5.74) is 6.37. The average molecular weight is 293 g/mol. The zero-order valence-electron chi connectivity index (χ0n) is 14.4. The van der Waals surface area contributed by atoms with Crippen LogP contribution < -0.4 is 0 Å². The van der Waals surface area contributed by atoms with Gasteiger partial charge in [-0.1, -0.05) is 74.0 Å². The molecule has 116 valence electrons. The van der Waals surface area contributed by atoms with Crippen LogP contribution in [0.2, 0.25) is 0 Å². The molecule has 0 N–H and O–H groups in total. The molecule has 2 rings (SSSR count). The molecule has 0 fully saturated rings. The Labute approximate surface area is 135 Å². The average Bonchev–Trinajstić information content (AvgIpc) is 2.55. The predicted octanol–water partition coefficient (Wildman–Crippen LogP) is 5.66. The van der Waals surface area contributed by atoms with E-state index in [-0.39, 0.29) is 0 Å². The van der Waals surface area contributed by atoms with Crippen molar-refractivity contribution in [3.63, 3.8) is 0 Å². The SMILES string of the molecule is CC.CN=C/C(=C\Cc1ccccc1C)c1ccc(C)cc1. The summed E-state index contributed by atoms with van der Waals surface area (Å²) in [6.45, 7) is 8.26. The van der Waals surface area contributed by atoms with Gasteiger partial charge in [0.05, 0.1) is 0 Å². The minimum absolute atomic E-state index is 0.932. The van der Waals surface area contributed by atoms with Crippen molar-refractivity contribution in [1.82, 2.24) is 0 Å². The summed E-state index contributed by atoms with van der Waals surface area (Å²) in [5.74, 6) is 0. The van der Waals surface area contributed by atoms with Gasteiger partial charge in [-0.25, -0.2) is 0 Å². The Bertz CT molecular complexity index is 619. The molecule has 0 aliphatic heterocycles. The lowest BCUT2D eigenvalue weighted by Gasteiger charge is -2.05. The molecule has 0 unspecified atom stereocenters. The normalized spacial score (nSPS) is 11.2. The van der Waals surface area contributed by atoms with Crippen LogP contribution in [-0.4, -0.2) is 13.3 Å². The van der Waals surface area contributed by atoms with Crippen molar-refractivity contribution in [3.05, 3.63) is 76.9 Å². The Hall–Kier alpha value is -2.15. The number of aliphatic imine (C=N–C) groups is 1. The monoisotopic (exact) mass is 293 g/mol. The Morgan fingerprint density at radius 1 is 0.955 bits per heavy atom. The third kappa shape index (κ3) is 5.33. The van der Waals surface area contributed by atoms with E-state index in [1.165, 1.54) is 27.8 Å². The Balaban J connectivity index is 0.00000116. The number of benzene rings is 2. The number of aryl methyl sites for hydroxylation is 2. The molecule has 0 aromatic heterocycles. The first-order valence-corrected chi connectivity index (χ1v) is 7.94. The molecule has 0 heterocycles. The van der Waals surface area contributed by atoms with Crippen molar-refractivity contribution in [3.8, 4) is 0 Å². The number of rotatable bonds is 4. The van der Waals surface area contributed by atoms with Crippen LogP contribution in [0.1, 0.15) is 36.1 Å². The molecule has 2 aromatic rings. The van der Waals surface area contributed by atoms with Gasteiger partial charge in [-0.05, 0) is 42.5 Å². The Morgan fingerprint density at radius 3 is 2.18 bits per heavy atom. The molecule has 0 bridgehead atoms. The van der Waals surface area contributed by atoms with Crippen molar-refractivity contribution in [2.45, 2.75) is 34.1 Å². The van der Waals surface area contributed by atoms with Crippen molar-refractivity contribution < 1.29 is 0 Å². The molecule has 0 amide bonds. The quantitative estimate of drug-likeness (QED) is 0.645. The van der Waals surface area contributed by atoms with Gasteiger partial charge in [-0.3, -0.25) is 4.99 Å². The predicted molar refractivity (Wildman–Crippen MR) is 99.8 cm³/mol. The molecule has 22 heavy (non-hydrogen) atoms. The summed E-state index contributed by atoms with van der Waals surface area (Å²) in [5, 5.41) is 0. The van der Waals surface area contributed by atoms with Crippen LogP contribution in [0.3, 0.4) is 0 Å². The van der Waals surface area contributed by atoms with Crippen LogP contribution >= 0.6 is 0 Å². The zero-order valence-corrected chi connectivity index (χ0v) is 14.4.